The zero-order valence-electron chi connectivity index (χ0n) is 11.0. The zero-order chi connectivity index (χ0) is 14.5. The molecule has 0 saturated carbocycles. The molecule has 2 rings (SSSR count). The average Bonchev–Trinajstić information content (AvgIpc) is 2.42. The second-order valence-corrected chi connectivity index (χ2v) is 4.55. The Morgan fingerprint density at radius 3 is 2.40 bits per heavy atom. The number of nitrogens with zero attached hydrogens (tertiary/aromatic N) is 2. The summed E-state index contributed by atoms with van der Waals surface area (Å²) < 4.78 is 0. The molecule has 6 N–H and O–H groups in total. The van der Waals surface area contributed by atoms with Crippen LogP contribution in [0.4, 0.5) is 11.8 Å². The van der Waals surface area contributed by atoms with Crippen LogP contribution in [-0.2, 0) is 12.8 Å². The van der Waals surface area contributed by atoms with Crippen LogP contribution in [0, 0.1) is 0 Å². The maximum absolute atomic E-state index is 11.0. The van der Waals surface area contributed by atoms with Crippen molar-refractivity contribution >= 4 is 17.7 Å². The van der Waals surface area contributed by atoms with E-state index in [2.05, 4.69) is 9.97 Å². The van der Waals surface area contributed by atoms with Crippen LogP contribution < -0.4 is 17.2 Å². The minimum Gasteiger partial charge on any atom is -0.383 e. The summed E-state index contributed by atoms with van der Waals surface area (Å²) in [6, 6.07) is 7.28. The van der Waals surface area contributed by atoms with Crippen molar-refractivity contribution in [2.45, 2.75) is 19.3 Å². The number of nitrogen functional groups attached to an aromatic ring is 2. The Balaban J connectivity index is 1.91. The highest BCUT2D eigenvalue weighted by Crippen LogP contribution is 2.13. The van der Waals surface area contributed by atoms with Gasteiger partial charge >= 0.3 is 0 Å². The van der Waals surface area contributed by atoms with Crippen LogP contribution in [0.1, 0.15) is 27.9 Å². The highest BCUT2D eigenvalue weighted by Gasteiger charge is 2.03. The van der Waals surface area contributed by atoms with Gasteiger partial charge in [-0.15, -0.1) is 0 Å². The molecule has 1 aromatic heterocycles. The molecule has 0 unspecified atom stereocenters. The van der Waals surface area contributed by atoms with Crippen LogP contribution in [-0.4, -0.2) is 15.9 Å². The first-order valence-corrected chi connectivity index (χ1v) is 6.32. The Morgan fingerprint density at radius 2 is 1.80 bits per heavy atom. The molecule has 20 heavy (non-hydrogen) atoms. The van der Waals surface area contributed by atoms with E-state index in [4.69, 9.17) is 17.2 Å². The number of carbonyl (C=O) groups excluding carboxylic acids is 1. The zero-order valence-corrected chi connectivity index (χ0v) is 11.0. The third-order valence-corrected chi connectivity index (χ3v) is 3.07. The van der Waals surface area contributed by atoms with Gasteiger partial charge in [-0.25, -0.2) is 4.98 Å². The number of anilines is 2. The molecule has 0 fully saturated rings. The molecule has 6 nitrogen and oxygen atoms in total. The van der Waals surface area contributed by atoms with Gasteiger partial charge < -0.3 is 17.2 Å². The maximum atomic E-state index is 11.0. The van der Waals surface area contributed by atoms with Gasteiger partial charge in [-0.3, -0.25) is 4.79 Å². The number of primary amides is 1. The van der Waals surface area contributed by atoms with Crippen molar-refractivity contribution in [3.8, 4) is 0 Å². The van der Waals surface area contributed by atoms with E-state index >= 15 is 0 Å². The molecule has 104 valence electrons. The fourth-order valence-electron chi connectivity index (χ4n) is 1.95. The van der Waals surface area contributed by atoms with Gasteiger partial charge in [-0.2, -0.15) is 4.98 Å². The lowest BCUT2D eigenvalue weighted by Gasteiger charge is -2.05. The van der Waals surface area contributed by atoms with Crippen molar-refractivity contribution in [3.63, 3.8) is 0 Å². The molecule has 0 bridgehead atoms. The number of aryl methyl sites for hydroxylation is 2. The van der Waals surface area contributed by atoms with E-state index in [1.807, 2.05) is 12.1 Å². The Labute approximate surface area is 117 Å². The monoisotopic (exact) mass is 271 g/mol. The highest BCUT2D eigenvalue weighted by molar-refractivity contribution is 5.92. The molecule has 6 heteroatoms. The molecule has 0 spiro atoms. The lowest BCUT2D eigenvalue weighted by atomic mass is 10.0. The lowest BCUT2D eigenvalue weighted by molar-refractivity contribution is 0.100. The number of nitrogens with two attached hydrogens (primary N) is 3. The van der Waals surface area contributed by atoms with Gasteiger partial charge in [0, 0.05) is 17.3 Å². The second-order valence-electron chi connectivity index (χ2n) is 4.55. The normalized spacial score (nSPS) is 10.4. The molecule has 2 aromatic rings. The molecular weight excluding hydrogens is 254 g/mol. The Bertz CT molecular complexity index is 609. The third kappa shape index (κ3) is 3.44. The first-order chi connectivity index (χ1) is 9.56. The summed E-state index contributed by atoms with van der Waals surface area (Å²) in [5.74, 6) is 0.207. The first kappa shape index (κ1) is 13.8. The molecule has 1 aromatic carbocycles. The number of benzene rings is 1. The van der Waals surface area contributed by atoms with Crippen molar-refractivity contribution in [1.29, 1.82) is 0 Å². The summed E-state index contributed by atoms with van der Waals surface area (Å²) in [4.78, 5) is 18.8. The minimum atomic E-state index is -0.414. The van der Waals surface area contributed by atoms with E-state index in [0.29, 0.717) is 11.4 Å². The van der Waals surface area contributed by atoms with E-state index in [-0.39, 0.29) is 5.95 Å². The summed E-state index contributed by atoms with van der Waals surface area (Å²) in [7, 11) is 0. The molecular formula is C14H17N5O. The van der Waals surface area contributed by atoms with Gasteiger partial charge in [0.1, 0.15) is 5.82 Å². The maximum Gasteiger partial charge on any atom is 0.248 e. The predicted octanol–water partition coefficient (Wildman–Crippen LogP) is 0.915. The van der Waals surface area contributed by atoms with Crippen molar-refractivity contribution in [2.75, 3.05) is 11.5 Å². The fraction of sp³-hybridized carbons (Fsp3) is 0.214. The number of carbonyl (C=O) groups is 1. The van der Waals surface area contributed by atoms with Crippen molar-refractivity contribution in [1.82, 2.24) is 9.97 Å². The van der Waals surface area contributed by atoms with E-state index in [9.17, 15) is 4.79 Å². The molecule has 0 atom stereocenters. The number of amides is 1. The van der Waals surface area contributed by atoms with Gasteiger partial charge in [0.05, 0.1) is 0 Å². The van der Waals surface area contributed by atoms with Crippen LogP contribution >= 0.6 is 0 Å². The van der Waals surface area contributed by atoms with Gasteiger partial charge in [0.2, 0.25) is 11.9 Å². The Kier molecular flexibility index (Phi) is 4.14. The summed E-state index contributed by atoms with van der Waals surface area (Å²) in [5, 5.41) is 0. The lowest BCUT2D eigenvalue weighted by Crippen LogP contribution is -2.10. The Hall–Kier alpha value is -2.63. The second kappa shape index (κ2) is 6.01. The summed E-state index contributed by atoms with van der Waals surface area (Å²) in [6.07, 6.45) is 4.23. The molecule has 0 aliphatic rings. The fourth-order valence-corrected chi connectivity index (χ4v) is 1.95. The van der Waals surface area contributed by atoms with Gasteiger partial charge in [0.25, 0.3) is 0 Å². The standard InChI is InChI=1S/C14H17N5O/c15-12-11(8-18-14(17)19-12)3-1-2-9-4-6-10(7-5-9)13(16)20/h4-8H,1-3H2,(H2,16,20)(H4,15,17,18,19). The number of hydrogen-bond acceptors (Lipinski definition) is 5. The van der Waals surface area contributed by atoms with E-state index in [0.717, 1.165) is 30.4 Å². The smallest absolute Gasteiger partial charge is 0.248 e. The number of hydrogen-bond donors (Lipinski definition) is 3. The minimum absolute atomic E-state index is 0.188. The van der Waals surface area contributed by atoms with Crippen molar-refractivity contribution in [3.05, 3.63) is 47.2 Å². The van der Waals surface area contributed by atoms with Crippen LogP contribution in [0.3, 0.4) is 0 Å². The quantitative estimate of drug-likeness (QED) is 0.746. The summed E-state index contributed by atoms with van der Waals surface area (Å²) in [5.41, 5.74) is 19.0. The largest absolute Gasteiger partial charge is 0.383 e. The van der Waals surface area contributed by atoms with Crippen molar-refractivity contribution in [2.24, 2.45) is 5.73 Å². The van der Waals surface area contributed by atoms with E-state index < -0.39 is 5.91 Å². The summed E-state index contributed by atoms with van der Waals surface area (Å²) in [6.45, 7) is 0. The van der Waals surface area contributed by atoms with E-state index in [1.165, 1.54) is 0 Å². The third-order valence-electron chi connectivity index (χ3n) is 3.07. The average molecular weight is 271 g/mol. The SMILES string of the molecule is NC(=O)c1ccc(CCCc2cnc(N)nc2N)cc1. The predicted molar refractivity (Wildman–Crippen MR) is 77.8 cm³/mol. The molecule has 0 radical (unpaired) electrons. The van der Waals surface area contributed by atoms with Gasteiger partial charge in [-0.1, -0.05) is 12.1 Å². The molecule has 0 aliphatic heterocycles. The van der Waals surface area contributed by atoms with Crippen LogP contribution in [0.5, 0.6) is 0 Å². The number of rotatable bonds is 5. The molecule has 1 amide bonds. The molecule has 0 saturated heterocycles. The molecule has 1 heterocycles. The van der Waals surface area contributed by atoms with Crippen molar-refractivity contribution < 1.29 is 4.79 Å². The molecule has 0 aliphatic carbocycles. The van der Waals surface area contributed by atoms with E-state index in [1.54, 1.807) is 18.3 Å². The van der Waals surface area contributed by atoms with Crippen LogP contribution in [0.25, 0.3) is 0 Å². The Morgan fingerprint density at radius 1 is 1.10 bits per heavy atom. The number of aromatic nitrogens is 2. The highest BCUT2D eigenvalue weighted by atomic mass is 16.1. The van der Waals surface area contributed by atoms with Crippen LogP contribution in [0.15, 0.2) is 30.5 Å². The summed E-state index contributed by atoms with van der Waals surface area (Å²) >= 11 is 0. The van der Waals surface area contributed by atoms with Gasteiger partial charge in [-0.05, 0) is 37.0 Å². The first-order valence-electron chi connectivity index (χ1n) is 6.32. The topological polar surface area (TPSA) is 121 Å². The van der Waals surface area contributed by atoms with Gasteiger partial charge in [0.15, 0.2) is 0 Å². The van der Waals surface area contributed by atoms with Crippen LogP contribution in [0.2, 0.25) is 0 Å².